The van der Waals surface area contributed by atoms with Gasteiger partial charge in [0.2, 0.25) is 17.7 Å². The summed E-state index contributed by atoms with van der Waals surface area (Å²) in [4.78, 5) is 48.9. The van der Waals surface area contributed by atoms with Crippen LogP contribution in [-0.4, -0.2) is 35.3 Å². The van der Waals surface area contributed by atoms with Crippen LogP contribution in [0.3, 0.4) is 0 Å². The fourth-order valence-electron chi connectivity index (χ4n) is 13.6. The van der Waals surface area contributed by atoms with Crippen LogP contribution in [0.25, 0.3) is 5.57 Å². The number of aromatic carboxylic acids is 1. The van der Waals surface area contributed by atoms with Crippen molar-refractivity contribution in [3.8, 4) is 0 Å². The number of rotatable bonds is 6. The van der Waals surface area contributed by atoms with Crippen LogP contribution in [0.2, 0.25) is 0 Å². The third-order valence-corrected chi connectivity index (χ3v) is 16.1. The molecule has 264 valence electrons. The zero-order valence-corrected chi connectivity index (χ0v) is 30.2. The smallest absolute Gasteiger partial charge is 0.335 e. The van der Waals surface area contributed by atoms with E-state index in [2.05, 4.69) is 64.0 Å². The van der Waals surface area contributed by atoms with E-state index in [1.54, 1.807) is 12.1 Å². The Morgan fingerprint density at radius 3 is 2.24 bits per heavy atom. The van der Waals surface area contributed by atoms with Crippen LogP contribution in [-0.2, 0) is 14.4 Å². The Labute approximate surface area is 292 Å². The molecule has 0 spiro atoms. The fourth-order valence-corrected chi connectivity index (χ4v) is 13.6. The number of hydrogen-bond donors (Lipinski definition) is 3. The predicted molar refractivity (Wildman–Crippen MR) is 190 cm³/mol. The SMILES string of the molecule is C=CC1CCC2(CNC(=O)C3CC(=O)NC(=O)C3)CCC3(C)C(CCC4C5(C)CC=C(c6ccc(C(=O)O)cc6)C(C)(C)C5CCC43C)C12. The van der Waals surface area contributed by atoms with E-state index >= 15 is 0 Å². The average Bonchev–Trinajstić information content (AvgIpc) is 3.42. The number of carboxylic acid groups (broad SMARTS) is 1. The highest BCUT2D eigenvalue weighted by Gasteiger charge is 2.70. The van der Waals surface area contributed by atoms with Gasteiger partial charge < -0.3 is 10.4 Å². The zero-order chi connectivity index (χ0) is 35.1. The van der Waals surface area contributed by atoms with Crippen molar-refractivity contribution in [3.05, 3.63) is 54.1 Å². The van der Waals surface area contributed by atoms with Crippen LogP contribution in [0, 0.1) is 62.6 Å². The fraction of sp³-hybridized carbons (Fsp3) is 0.667. The van der Waals surface area contributed by atoms with Gasteiger partial charge in [0.15, 0.2) is 0 Å². The lowest BCUT2D eigenvalue weighted by Gasteiger charge is -2.72. The Morgan fingerprint density at radius 1 is 0.898 bits per heavy atom. The van der Waals surface area contributed by atoms with Crippen LogP contribution in [0.5, 0.6) is 0 Å². The summed E-state index contributed by atoms with van der Waals surface area (Å²) >= 11 is 0. The molecule has 1 aliphatic heterocycles. The maximum absolute atomic E-state index is 13.3. The number of fused-ring (bicyclic) bond motifs is 7. The maximum atomic E-state index is 13.3. The summed E-state index contributed by atoms with van der Waals surface area (Å²) in [6.45, 7) is 17.7. The van der Waals surface area contributed by atoms with Crippen LogP contribution in [0.4, 0.5) is 0 Å². The minimum atomic E-state index is -0.888. The second-order valence-electron chi connectivity index (χ2n) is 18.2. The Balaban J connectivity index is 1.15. The molecule has 0 bridgehead atoms. The van der Waals surface area contributed by atoms with Gasteiger partial charge in [0.25, 0.3) is 0 Å². The van der Waals surface area contributed by atoms with Crippen LogP contribution in [0.15, 0.2) is 43.0 Å². The van der Waals surface area contributed by atoms with E-state index in [-0.39, 0.29) is 57.6 Å². The van der Waals surface area contributed by atoms with Crippen LogP contribution in [0.1, 0.15) is 121 Å². The van der Waals surface area contributed by atoms with Gasteiger partial charge in [-0.05, 0) is 138 Å². The molecule has 1 aromatic rings. The first-order valence-corrected chi connectivity index (χ1v) is 18.9. The van der Waals surface area contributed by atoms with E-state index in [0.717, 1.165) is 37.7 Å². The standard InChI is InChI=1S/C42H56N2O5/c1-7-25-14-19-42(24-43-36(47)28-22-33(45)44-34(46)23-28)21-20-40(5)30(35(25)42)12-13-32-39(4)17-15-29(26-8-10-27(11-9-26)37(48)49)38(2,3)31(39)16-18-41(32,40)6/h7-11,15,25,28,30-32,35H,1,12-14,16-24H2,2-6H3,(H,43,47)(H,48,49)(H,44,45,46). The summed E-state index contributed by atoms with van der Waals surface area (Å²) in [7, 11) is 0. The highest BCUT2D eigenvalue weighted by molar-refractivity contribution is 6.02. The van der Waals surface area contributed by atoms with Crippen molar-refractivity contribution < 1.29 is 24.3 Å². The number of imide groups is 1. The summed E-state index contributed by atoms with van der Waals surface area (Å²) in [6.07, 6.45) is 15.2. The second-order valence-corrected chi connectivity index (χ2v) is 18.2. The molecule has 49 heavy (non-hydrogen) atoms. The number of carboxylic acids is 1. The van der Waals surface area contributed by atoms with Crippen molar-refractivity contribution in [3.63, 3.8) is 0 Å². The Bertz CT molecular complexity index is 1590. The molecule has 1 aromatic carbocycles. The number of nitrogens with one attached hydrogen (secondary N) is 2. The second kappa shape index (κ2) is 11.7. The molecule has 1 saturated heterocycles. The number of amides is 3. The predicted octanol–water partition coefficient (Wildman–Crippen LogP) is 7.81. The Kier molecular flexibility index (Phi) is 8.15. The number of carbonyl (C=O) groups excluding carboxylic acids is 3. The van der Waals surface area contributed by atoms with Gasteiger partial charge in [-0.25, -0.2) is 4.79 Å². The molecule has 0 radical (unpaired) electrons. The molecule has 6 aliphatic rings. The van der Waals surface area contributed by atoms with Gasteiger partial charge in [-0.2, -0.15) is 0 Å². The van der Waals surface area contributed by atoms with E-state index in [4.69, 9.17) is 0 Å². The Hall–Kier alpha value is -3.22. The molecule has 4 saturated carbocycles. The quantitative estimate of drug-likeness (QED) is 0.211. The molecular weight excluding hydrogens is 612 g/mol. The van der Waals surface area contributed by atoms with E-state index in [1.807, 2.05) is 12.1 Å². The molecule has 9 atom stereocenters. The first-order valence-electron chi connectivity index (χ1n) is 18.9. The molecule has 5 fully saturated rings. The molecule has 7 heteroatoms. The van der Waals surface area contributed by atoms with E-state index in [0.29, 0.717) is 41.7 Å². The first-order chi connectivity index (χ1) is 23.1. The molecule has 0 aromatic heterocycles. The highest BCUT2D eigenvalue weighted by atomic mass is 16.4. The molecule has 3 N–H and O–H groups in total. The van der Waals surface area contributed by atoms with Crippen molar-refractivity contribution in [2.45, 2.75) is 105 Å². The van der Waals surface area contributed by atoms with Crippen molar-refractivity contribution >= 4 is 29.3 Å². The largest absolute Gasteiger partial charge is 0.478 e. The number of carbonyl (C=O) groups is 4. The van der Waals surface area contributed by atoms with Gasteiger partial charge in [0.1, 0.15) is 0 Å². The van der Waals surface area contributed by atoms with Gasteiger partial charge >= 0.3 is 5.97 Å². The van der Waals surface area contributed by atoms with E-state index in [1.165, 1.54) is 31.3 Å². The van der Waals surface area contributed by atoms with Crippen molar-refractivity contribution in [1.29, 1.82) is 0 Å². The normalized spacial score (nSPS) is 41.2. The van der Waals surface area contributed by atoms with Crippen molar-refractivity contribution in [2.75, 3.05) is 6.54 Å². The third-order valence-electron chi connectivity index (χ3n) is 16.1. The molecule has 3 amide bonds. The van der Waals surface area contributed by atoms with Crippen molar-refractivity contribution in [1.82, 2.24) is 10.6 Å². The van der Waals surface area contributed by atoms with Crippen LogP contribution >= 0.6 is 0 Å². The first kappa shape index (κ1) is 34.2. The van der Waals surface area contributed by atoms with Gasteiger partial charge in [-0.1, -0.05) is 58.9 Å². The number of benzene rings is 1. The van der Waals surface area contributed by atoms with Crippen LogP contribution < -0.4 is 10.6 Å². The monoisotopic (exact) mass is 668 g/mol. The molecule has 9 unspecified atom stereocenters. The summed E-state index contributed by atoms with van der Waals surface area (Å²) in [5.74, 6) is 0.267. The summed E-state index contributed by atoms with van der Waals surface area (Å²) in [5.41, 5.74) is 3.38. The molecule has 1 heterocycles. The molecule has 7 rings (SSSR count). The summed E-state index contributed by atoms with van der Waals surface area (Å²) in [5, 5.41) is 15.1. The molecule has 7 nitrogen and oxygen atoms in total. The summed E-state index contributed by atoms with van der Waals surface area (Å²) < 4.78 is 0. The van der Waals surface area contributed by atoms with Gasteiger partial charge in [-0.3, -0.25) is 19.7 Å². The minimum absolute atomic E-state index is 0.0184. The highest BCUT2D eigenvalue weighted by Crippen LogP contribution is 2.77. The molecule has 5 aliphatic carbocycles. The number of hydrogen-bond acceptors (Lipinski definition) is 4. The lowest BCUT2D eigenvalue weighted by Crippen LogP contribution is -2.66. The van der Waals surface area contributed by atoms with Crippen molar-refractivity contribution in [2.24, 2.45) is 62.6 Å². The maximum Gasteiger partial charge on any atom is 0.335 e. The van der Waals surface area contributed by atoms with Gasteiger partial charge in [-0.15, -0.1) is 6.58 Å². The van der Waals surface area contributed by atoms with Gasteiger partial charge in [0.05, 0.1) is 11.5 Å². The minimum Gasteiger partial charge on any atom is -0.478 e. The lowest BCUT2D eigenvalue weighted by molar-refractivity contribution is -0.224. The van der Waals surface area contributed by atoms with E-state index in [9.17, 15) is 24.3 Å². The topological polar surface area (TPSA) is 113 Å². The third kappa shape index (κ3) is 5.02. The Morgan fingerprint density at radius 2 is 1.59 bits per heavy atom. The molecular formula is C42H56N2O5. The average molecular weight is 669 g/mol. The van der Waals surface area contributed by atoms with E-state index < -0.39 is 11.9 Å². The van der Waals surface area contributed by atoms with Gasteiger partial charge in [0, 0.05) is 19.4 Å². The number of piperidine rings is 1. The number of allylic oxidation sites excluding steroid dienone is 3. The zero-order valence-electron chi connectivity index (χ0n) is 30.2. The summed E-state index contributed by atoms with van der Waals surface area (Å²) in [6, 6.07) is 7.48. The lowest BCUT2D eigenvalue weighted by atomic mass is 9.32.